The van der Waals surface area contributed by atoms with Gasteiger partial charge in [-0.25, -0.2) is 0 Å². The van der Waals surface area contributed by atoms with Crippen LogP contribution in [0.15, 0.2) is 54.6 Å². The van der Waals surface area contributed by atoms with E-state index in [1.54, 1.807) is 0 Å². The number of carbonyl (C=O) groups excluding carboxylic acids is 1. The van der Waals surface area contributed by atoms with Crippen LogP contribution in [0.1, 0.15) is 23.2 Å². The Morgan fingerprint density at radius 3 is 2.50 bits per heavy atom. The lowest BCUT2D eigenvalue weighted by Crippen LogP contribution is -2.37. The van der Waals surface area contributed by atoms with Gasteiger partial charge in [0.1, 0.15) is 0 Å². The van der Waals surface area contributed by atoms with Gasteiger partial charge < -0.3 is 14.5 Å². The predicted molar refractivity (Wildman–Crippen MR) is 97.9 cm³/mol. The molecule has 0 spiro atoms. The van der Waals surface area contributed by atoms with Gasteiger partial charge in [0.05, 0.1) is 12.6 Å². The van der Waals surface area contributed by atoms with Gasteiger partial charge in [-0.1, -0.05) is 24.3 Å². The van der Waals surface area contributed by atoms with Crippen molar-refractivity contribution in [2.75, 3.05) is 37.0 Å². The third-order valence-electron chi connectivity index (χ3n) is 4.33. The zero-order valence-electron chi connectivity index (χ0n) is 14.3. The molecule has 1 atom stereocenters. The maximum Gasteiger partial charge on any atom is 0.258 e. The molecule has 24 heavy (non-hydrogen) atoms. The highest BCUT2D eigenvalue weighted by atomic mass is 16.5. The van der Waals surface area contributed by atoms with Crippen molar-refractivity contribution in [3.8, 4) is 0 Å². The van der Waals surface area contributed by atoms with Gasteiger partial charge in [0, 0.05) is 37.6 Å². The van der Waals surface area contributed by atoms with Crippen LogP contribution in [0.2, 0.25) is 0 Å². The summed E-state index contributed by atoms with van der Waals surface area (Å²) in [5.74, 6) is 0.0143. The van der Waals surface area contributed by atoms with Crippen molar-refractivity contribution in [3.05, 3.63) is 60.2 Å². The summed E-state index contributed by atoms with van der Waals surface area (Å²) in [7, 11) is 3.95. The Balaban J connectivity index is 1.89. The number of benzene rings is 2. The van der Waals surface area contributed by atoms with Crippen LogP contribution in [0.3, 0.4) is 0 Å². The molecule has 0 bridgehead atoms. The Kier molecular flexibility index (Phi) is 5.16. The Bertz CT molecular complexity index is 679. The highest BCUT2D eigenvalue weighted by Crippen LogP contribution is 2.23. The second-order valence-electron chi connectivity index (χ2n) is 6.33. The molecule has 1 saturated heterocycles. The van der Waals surface area contributed by atoms with E-state index in [0.717, 1.165) is 30.8 Å². The van der Waals surface area contributed by atoms with Crippen molar-refractivity contribution in [2.24, 2.45) is 0 Å². The van der Waals surface area contributed by atoms with Gasteiger partial charge >= 0.3 is 0 Å². The summed E-state index contributed by atoms with van der Waals surface area (Å²) >= 11 is 0. The first-order chi connectivity index (χ1) is 11.6. The van der Waals surface area contributed by atoms with Crippen LogP contribution in [0.25, 0.3) is 0 Å². The monoisotopic (exact) mass is 324 g/mol. The number of hydrogen-bond donors (Lipinski definition) is 0. The number of carbonyl (C=O) groups is 1. The van der Waals surface area contributed by atoms with Crippen LogP contribution < -0.4 is 9.80 Å². The number of para-hydroxylation sites is 1. The van der Waals surface area contributed by atoms with Gasteiger partial charge in [-0.3, -0.25) is 4.79 Å². The standard InChI is InChI=1S/C20H24N2O2/c1-21(2)18-11-6-8-16(14-18)20(23)22(15-19-12-7-13-24-19)17-9-4-3-5-10-17/h3-6,8-11,14,19H,7,12-13,15H2,1-2H3. The average Bonchev–Trinajstić information content (AvgIpc) is 3.13. The van der Waals surface area contributed by atoms with E-state index in [1.165, 1.54) is 0 Å². The molecule has 0 radical (unpaired) electrons. The Morgan fingerprint density at radius 1 is 1.08 bits per heavy atom. The average molecular weight is 324 g/mol. The molecule has 126 valence electrons. The van der Waals surface area contributed by atoms with Crippen LogP contribution in [0, 0.1) is 0 Å². The first-order valence-electron chi connectivity index (χ1n) is 8.41. The molecule has 4 nitrogen and oxygen atoms in total. The van der Waals surface area contributed by atoms with E-state index in [2.05, 4.69) is 0 Å². The maximum absolute atomic E-state index is 13.2. The fraction of sp³-hybridized carbons (Fsp3) is 0.350. The molecule has 0 N–H and O–H groups in total. The van der Waals surface area contributed by atoms with Crippen molar-refractivity contribution in [2.45, 2.75) is 18.9 Å². The highest BCUT2D eigenvalue weighted by molar-refractivity contribution is 6.06. The molecule has 1 unspecified atom stereocenters. The first kappa shape index (κ1) is 16.5. The number of nitrogens with zero attached hydrogens (tertiary/aromatic N) is 2. The first-order valence-corrected chi connectivity index (χ1v) is 8.41. The molecule has 0 aliphatic carbocycles. The lowest BCUT2D eigenvalue weighted by molar-refractivity contribution is 0.0917. The molecule has 1 fully saturated rings. The molecule has 1 aliphatic rings. The van der Waals surface area contributed by atoms with E-state index in [9.17, 15) is 4.79 Å². The normalized spacial score (nSPS) is 16.8. The SMILES string of the molecule is CN(C)c1cccc(C(=O)N(CC2CCCO2)c2ccccc2)c1. The summed E-state index contributed by atoms with van der Waals surface area (Å²) < 4.78 is 5.75. The van der Waals surface area contributed by atoms with E-state index in [1.807, 2.05) is 78.5 Å². The van der Waals surface area contributed by atoms with Crippen LogP contribution >= 0.6 is 0 Å². The van der Waals surface area contributed by atoms with Crippen molar-refractivity contribution in [1.29, 1.82) is 0 Å². The summed E-state index contributed by atoms with van der Waals surface area (Å²) in [5, 5.41) is 0. The van der Waals surface area contributed by atoms with E-state index < -0.39 is 0 Å². The predicted octanol–water partition coefficient (Wildman–Crippen LogP) is 3.58. The number of anilines is 2. The third kappa shape index (κ3) is 3.77. The molecule has 3 rings (SSSR count). The van der Waals surface area contributed by atoms with Crippen molar-refractivity contribution in [3.63, 3.8) is 0 Å². The number of rotatable bonds is 5. The summed E-state index contributed by atoms with van der Waals surface area (Å²) in [5.41, 5.74) is 2.63. The molecular weight excluding hydrogens is 300 g/mol. The smallest absolute Gasteiger partial charge is 0.258 e. The zero-order chi connectivity index (χ0) is 16.9. The molecule has 0 aromatic heterocycles. The topological polar surface area (TPSA) is 32.8 Å². The van der Waals surface area contributed by atoms with Crippen molar-refractivity contribution < 1.29 is 9.53 Å². The summed E-state index contributed by atoms with van der Waals surface area (Å²) in [6.07, 6.45) is 2.19. The largest absolute Gasteiger partial charge is 0.378 e. The van der Waals surface area contributed by atoms with Crippen LogP contribution in [-0.4, -0.2) is 39.3 Å². The van der Waals surface area contributed by atoms with E-state index in [0.29, 0.717) is 12.1 Å². The second-order valence-corrected chi connectivity index (χ2v) is 6.33. The molecule has 2 aromatic rings. The van der Waals surface area contributed by atoms with Gasteiger partial charge in [0.25, 0.3) is 5.91 Å². The fourth-order valence-corrected chi connectivity index (χ4v) is 2.98. The summed E-state index contributed by atoms with van der Waals surface area (Å²) in [6.45, 7) is 1.38. The summed E-state index contributed by atoms with van der Waals surface area (Å²) in [4.78, 5) is 17.0. The van der Waals surface area contributed by atoms with Crippen LogP contribution in [0.5, 0.6) is 0 Å². The van der Waals surface area contributed by atoms with Crippen LogP contribution in [-0.2, 0) is 4.74 Å². The van der Waals surface area contributed by atoms with E-state index >= 15 is 0 Å². The molecule has 1 aliphatic heterocycles. The Morgan fingerprint density at radius 2 is 1.83 bits per heavy atom. The molecule has 1 heterocycles. The third-order valence-corrected chi connectivity index (χ3v) is 4.33. The molecule has 0 saturated carbocycles. The highest BCUT2D eigenvalue weighted by Gasteiger charge is 2.24. The van der Waals surface area contributed by atoms with Gasteiger partial charge in [0.2, 0.25) is 0 Å². The number of amides is 1. The molecule has 4 heteroatoms. The molecule has 1 amide bonds. The maximum atomic E-state index is 13.2. The summed E-state index contributed by atoms with van der Waals surface area (Å²) in [6, 6.07) is 17.6. The molecular formula is C20H24N2O2. The van der Waals surface area contributed by atoms with Gasteiger partial charge in [-0.15, -0.1) is 0 Å². The minimum Gasteiger partial charge on any atom is -0.378 e. The van der Waals surface area contributed by atoms with Gasteiger partial charge in [0.15, 0.2) is 0 Å². The molecule has 2 aromatic carbocycles. The Hall–Kier alpha value is -2.33. The lowest BCUT2D eigenvalue weighted by Gasteiger charge is -2.26. The minimum absolute atomic E-state index is 0.0143. The van der Waals surface area contributed by atoms with Gasteiger partial charge in [-0.05, 0) is 43.2 Å². The van der Waals surface area contributed by atoms with E-state index in [-0.39, 0.29) is 12.0 Å². The van der Waals surface area contributed by atoms with E-state index in [4.69, 9.17) is 4.74 Å². The zero-order valence-corrected chi connectivity index (χ0v) is 14.3. The number of hydrogen-bond acceptors (Lipinski definition) is 3. The van der Waals surface area contributed by atoms with Crippen molar-refractivity contribution in [1.82, 2.24) is 0 Å². The minimum atomic E-state index is 0.0143. The second kappa shape index (κ2) is 7.49. The van der Waals surface area contributed by atoms with Crippen LogP contribution in [0.4, 0.5) is 11.4 Å². The Labute approximate surface area is 143 Å². The lowest BCUT2D eigenvalue weighted by atomic mass is 10.1. The number of ether oxygens (including phenoxy) is 1. The fourth-order valence-electron chi connectivity index (χ4n) is 2.98. The quantitative estimate of drug-likeness (QED) is 0.843. The van der Waals surface area contributed by atoms with Gasteiger partial charge in [-0.2, -0.15) is 0 Å². The van der Waals surface area contributed by atoms with Crippen molar-refractivity contribution >= 4 is 17.3 Å².